The van der Waals surface area contributed by atoms with E-state index in [4.69, 9.17) is 9.72 Å². The molecule has 0 atom stereocenters. The Labute approximate surface area is 401 Å². The molecule has 0 bridgehead atoms. The molecular formula is C59H42N6OPt-2. The van der Waals surface area contributed by atoms with Crippen LogP contribution in [-0.4, -0.2) is 23.3 Å². The number of hydrogen-bond acceptors (Lipinski definition) is 2. The molecule has 0 aliphatic rings. The fraction of sp³-hybridized carbons (Fsp3) is 0.0847. The topological polar surface area (TPSA) is 45.7 Å². The van der Waals surface area contributed by atoms with Gasteiger partial charge < -0.3 is 23.0 Å². The third-order valence-electron chi connectivity index (χ3n) is 13.2. The average Bonchev–Trinajstić information content (AvgIpc) is 4.09. The molecule has 5 aromatic heterocycles. The Bertz CT molecular complexity index is 4080. The summed E-state index contributed by atoms with van der Waals surface area (Å²) in [4.78, 5) is 5.17. The van der Waals surface area contributed by atoms with Crippen molar-refractivity contribution in [2.75, 3.05) is 0 Å². The first kappa shape index (κ1) is 40.8. The Morgan fingerprint density at radius 2 is 1.15 bits per heavy atom. The van der Waals surface area contributed by atoms with Gasteiger partial charge in [-0.15, -0.1) is 24.3 Å². The summed E-state index contributed by atoms with van der Waals surface area (Å²) >= 11 is 0. The van der Waals surface area contributed by atoms with Crippen molar-refractivity contribution in [1.29, 1.82) is 0 Å². The van der Waals surface area contributed by atoms with Crippen molar-refractivity contribution in [2.45, 2.75) is 26.2 Å². The van der Waals surface area contributed by atoms with Crippen LogP contribution in [0.1, 0.15) is 26.3 Å². The molecule has 13 aromatic rings. The van der Waals surface area contributed by atoms with E-state index in [9.17, 15) is 0 Å². The van der Waals surface area contributed by atoms with E-state index in [-0.39, 0.29) is 26.5 Å². The van der Waals surface area contributed by atoms with Crippen LogP contribution >= 0.6 is 0 Å². The quantitative estimate of drug-likeness (QED) is 0.123. The van der Waals surface area contributed by atoms with Crippen molar-refractivity contribution < 1.29 is 30.4 Å². The predicted octanol–water partition coefficient (Wildman–Crippen LogP) is 13.6. The predicted molar refractivity (Wildman–Crippen MR) is 267 cm³/mol. The summed E-state index contributed by atoms with van der Waals surface area (Å²) in [7, 11) is 2.20. The van der Waals surface area contributed by atoms with Crippen LogP contribution in [0.4, 0.5) is 0 Å². The Balaban J connectivity index is 0.00000468. The summed E-state index contributed by atoms with van der Waals surface area (Å²) in [5.74, 6) is 1.96. The Kier molecular flexibility index (Phi) is 9.39. The van der Waals surface area contributed by atoms with Crippen LogP contribution in [0, 0.1) is 18.5 Å². The van der Waals surface area contributed by atoms with Gasteiger partial charge in [0.2, 0.25) is 0 Å². The Morgan fingerprint density at radius 1 is 0.537 bits per heavy atom. The van der Waals surface area contributed by atoms with Crippen molar-refractivity contribution in [3.8, 4) is 34.4 Å². The summed E-state index contributed by atoms with van der Waals surface area (Å²) in [6, 6.07) is 69.0. The maximum absolute atomic E-state index is 6.82. The first-order valence-corrected chi connectivity index (χ1v) is 22.4. The molecule has 0 N–H and O–H groups in total. The molecule has 0 amide bonds. The molecular weight excluding hydrogens is 1000 g/mol. The number of pyridine rings is 1. The number of aryl methyl sites for hydroxylation is 1. The third-order valence-corrected chi connectivity index (χ3v) is 13.2. The summed E-state index contributed by atoms with van der Waals surface area (Å²) in [5, 5.41) is 6.94. The van der Waals surface area contributed by atoms with Crippen molar-refractivity contribution in [1.82, 2.24) is 23.3 Å². The standard InChI is InChI=1S/C59H42N6O.Pt/c1-59(2,3)38-32-33-60-52(34-38)65-51-36-43(66-42-23-17-22-41(35-42)63-37-62(39-18-7-5-8-19-39)49-28-15-16-29-50(49)63)30-31-46(51)55-57-54(56-53(58(55)65)44-24-11-13-26-47(44)61(56)4)45-25-12-14-27-48(45)64(57)40-20-9-6-10-21-40;/h5-34H,1-4H3;/q-2;. The summed E-state index contributed by atoms with van der Waals surface area (Å²) in [6.45, 7) is 6.75. The van der Waals surface area contributed by atoms with E-state index in [0.717, 1.165) is 72.3 Å². The van der Waals surface area contributed by atoms with Crippen molar-refractivity contribution in [3.05, 3.63) is 206 Å². The van der Waals surface area contributed by atoms with E-state index in [1.54, 1.807) is 0 Å². The van der Waals surface area contributed by atoms with Gasteiger partial charge in [0.1, 0.15) is 5.82 Å². The summed E-state index contributed by atoms with van der Waals surface area (Å²) in [5.41, 5.74) is 12.6. The van der Waals surface area contributed by atoms with Crippen molar-refractivity contribution >= 4 is 76.5 Å². The average molecular weight is 1050 g/mol. The molecule has 326 valence electrons. The number of ether oxygens (including phenoxy) is 1. The van der Waals surface area contributed by atoms with Crippen LogP contribution < -0.4 is 9.30 Å². The summed E-state index contributed by atoms with van der Waals surface area (Å²) < 4.78 is 18.1. The van der Waals surface area contributed by atoms with Gasteiger partial charge in [-0.2, -0.15) is 18.2 Å². The van der Waals surface area contributed by atoms with Gasteiger partial charge in [-0.05, 0) is 70.6 Å². The fourth-order valence-electron chi connectivity index (χ4n) is 10.2. The number of aromatic nitrogens is 6. The van der Waals surface area contributed by atoms with E-state index in [0.29, 0.717) is 11.5 Å². The summed E-state index contributed by atoms with van der Waals surface area (Å²) in [6.07, 6.45) is 5.53. The van der Waals surface area contributed by atoms with Crippen LogP contribution in [0.2, 0.25) is 0 Å². The second kappa shape index (κ2) is 15.4. The number of para-hydroxylation sites is 6. The largest absolute Gasteiger partial charge is 0.510 e. The monoisotopic (exact) mass is 1050 g/mol. The minimum Gasteiger partial charge on any atom is -0.510 e. The molecule has 0 spiro atoms. The minimum absolute atomic E-state index is 0. The molecule has 67 heavy (non-hydrogen) atoms. The molecule has 0 fully saturated rings. The van der Waals surface area contributed by atoms with Gasteiger partial charge in [-0.25, -0.2) is 4.98 Å². The van der Waals surface area contributed by atoms with Crippen LogP contribution in [0.15, 0.2) is 182 Å². The zero-order valence-electron chi connectivity index (χ0n) is 37.2. The second-order valence-corrected chi connectivity index (χ2v) is 18.1. The van der Waals surface area contributed by atoms with Crippen LogP contribution in [0.25, 0.3) is 99.3 Å². The first-order valence-electron chi connectivity index (χ1n) is 22.4. The van der Waals surface area contributed by atoms with Crippen molar-refractivity contribution in [3.63, 3.8) is 0 Å². The van der Waals surface area contributed by atoms with Gasteiger partial charge in [0.05, 0.1) is 38.8 Å². The number of benzene rings is 8. The number of rotatable bonds is 6. The third kappa shape index (κ3) is 6.22. The zero-order valence-corrected chi connectivity index (χ0v) is 39.5. The SMILES string of the molecule is Cn1c2ccccc2c2c1c1c3ccccc3n(-c3ccccc3)c1c1c3ccc(Oc4[c-]c(-[n+]5[c-]n(-c6ccccc6)c6ccccc65)ccc4)[c-]c3n(-c3cc(C(C)(C)C)ccn3)c21.[Pt]. The number of nitrogens with zero attached hydrogens (tertiary/aromatic N) is 6. The van der Waals surface area contributed by atoms with Crippen LogP contribution in [0.3, 0.4) is 0 Å². The van der Waals surface area contributed by atoms with Gasteiger partial charge in [-0.3, -0.25) is 4.57 Å². The fourth-order valence-corrected chi connectivity index (χ4v) is 10.2. The van der Waals surface area contributed by atoms with Gasteiger partial charge in [0.15, 0.2) is 0 Å². The second-order valence-electron chi connectivity index (χ2n) is 18.1. The minimum atomic E-state index is -0.111. The van der Waals surface area contributed by atoms with Crippen molar-refractivity contribution in [2.24, 2.45) is 7.05 Å². The molecule has 0 saturated carbocycles. The van der Waals surface area contributed by atoms with Gasteiger partial charge in [-0.1, -0.05) is 129 Å². The zero-order chi connectivity index (χ0) is 44.3. The van der Waals surface area contributed by atoms with E-state index in [1.165, 1.54) is 32.6 Å². The molecule has 5 heterocycles. The molecule has 13 rings (SSSR count). The number of fused-ring (bicyclic) bond motifs is 13. The van der Waals surface area contributed by atoms with Gasteiger partial charge >= 0.3 is 0 Å². The Hall–Kier alpha value is -7.73. The molecule has 0 aliphatic heterocycles. The smallest absolute Gasteiger partial charge is 0.268 e. The van der Waals surface area contributed by atoms with E-state index < -0.39 is 0 Å². The maximum atomic E-state index is 6.82. The van der Waals surface area contributed by atoms with Crippen LogP contribution in [0.5, 0.6) is 11.5 Å². The van der Waals surface area contributed by atoms with E-state index >= 15 is 0 Å². The number of imidazole rings is 1. The molecule has 7 nitrogen and oxygen atoms in total. The molecule has 8 aromatic carbocycles. The van der Waals surface area contributed by atoms with E-state index in [2.05, 4.69) is 198 Å². The molecule has 0 radical (unpaired) electrons. The van der Waals surface area contributed by atoms with E-state index in [1.807, 2.05) is 53.2 Å². The molecule has 0 aliphatic carbocycles. The van der Waals surface area contributed by atoms with Gasteiger partial charge in [0, 0.05) is 78.6 Å². The van der Waals surface area contributed by atoms with Gasteiger partial charge in [0.25, 0.3) is 6.33 Å². The number of hydrogen-bond donors (Lipinski definition) is 0. The Morgan fingerprint density at radius 3 is 1.90 bits per heavy atom. The normalized spacial score (nSPS) is 12.1. The molecule has 8 heteroatoms. The van der Waals surface area contributed by atoms with Crippen LogP contribution in [-0.2, 0) is 33.5 Å². The molecule has 0 unspecified atom stereocenters. The molecule has 0 saturated heterocycles. The first-order chi connectivity index (χ1) is 32.3. The maximum Gasteiger partial charge on any atom is 0.268 e.